The van der Waals surface area contributed by atoms with E-state index in [0.717, 1.165) is 11.3 Å². The number of guanidine groups is 1. The Morgan fingerprint density at radius 2 is 1.36 bits per heavy atom. The Labute approximate surface area is 141 Å². The van der Waals surface area contributed by atoms with Crippen molar-refractivity contribution in [3.05, 3.63) is 0 Å². The summed E-state index contributed by atoms with van der Waals surface area (Å²) < 4.78 is 2.83. The summed E-state index contributed by atoms with van der Waals surface area (Å²) in [6.45, 7) is 25.7. The van der Waals surface area contributed by atoms with Gasteiger partial charge in [-0.1, -0.05) is 52.4 Å². The molecular formula is C16H37N3Si3. The van der Waals surface area contributed by atoms with Crippen LogP contribution < -0.4 is 0 Å². The second kappa shape index (κ2) is 6.09. The lowest BCUT2D eigenvalue weighted by atomic mass is 10.2. The molecule has 6 heteroatoms. The maximum Gasteiger partial charge on any atom is 0.188 e. The van der Waals surface area contributed by atoms with Crippen LogP contribution in [0.2, 0.25) is 57.2 Å². The van der Waals surface area contributed by atoms with Crippen LogP contribution in [0.3, 0.4) is 0 Å². The maximum absolute atomic E-state index is 4.98. The molecule has 0 radical (unpaired) electrons. The second-order valence-corrected chi connectivity index (χ2v) is 26.6. The number of hydrogen-bond acceptors (Lipinski definition) is 3. The van der Waals surface area contributed by atoms with E-state index in [0.29, 0.717) is 0 Å². The van der Waals surface area contributed by atoms with Gasteiger partial charge in [-0.05, 0) is 17.6 Å². The second-order valence-electron chi connectivity index (χ2n) is 9.85. The normalized spacial score (nSPS) is 21.0. The van der Waals surface area contributed by atoms with E-state index in [9.17, 15) is 0 Å². The molecule has 2 aliphatic rings. The summed E-state index contributed by atoms with van der Waals surface area (Å²) in [5.74, 6) is 1.37. The fourth-order valence-corrected chi connectivity index (χ4v) is 35.8. The van der Waals surface area contributed by atoms with Crippen LogP contribution in [0.15, 0.2) is 4.99 Å². The van der Waals surface area contributed by atoms with Crippen LogP contribution in [0.4, 0.5) is 0 Å². The number of rotatable bonds is 4. The Bertz CT molecular complexity index is 421. The van der Waals surface area contributed by atoms with E-state index in [2.05, 4.69) is 61.8 Å². The van der Waals surface area contributed by atoms with Crippen molar-refractivity contribution >= 4 is 30.3 Å². The van der Waals surface area contributed by atoms with Gasteiger partial charge in [-0.3, -0.25) is 4.99 Å². The van der Waals surface area contributed by atoms with Gasteiger partial charge in [0.15, 0.2) is 14.2 Å². The minimum absolute atomic E-state index is 0.997. The van der Waals surface area contributed by atoms with Gasteiger partial charge in [0.2, 0.25) is 0 Å². The molecule has 0 N–H and O–H groups in total. The molecule has 0 bridgehead atoms. The van der Waals surface area contributed by atoms with Crippen molar-refractivity contribution in [2.24, 2.45) is 4.99 Å². The smallest absolute Gasteiger partial charge is 0.188 e. The van der Waals surface area contributed by atoms with Crippen molar-refractivity contribution in [1.29, 1.82) is 0 Å². The van der Waals surface area contributed by atoms with Gasteiger partial charge in [0.25, 0.3) is 0 Å². The molecule has 2 rings (SSSR count). The standard InChI is InChI=1S/C16H37N3Si3/c1-20(2,3)16(21(4,5)6)22(7,8)19-14-10-13-18-12-9-11-17-15(18)19/h16H,9-14H2,1-8H3. The molecule has 0 saturated carbocycles. The highest BCUT2D eigenvalue weighted by atomic mass is 28.5. The number of fused-ring (bicyclic) bond motifs is 1. The lowest BCUT2D eigenvalue weighted by Gasteiger charge is -2.56. The fraction of sp³-hybridized carbons (Fsp3) is 0.938. The van der Waals surface area contributed by atoms with Gasteiger partial charge in [0.05, 0.1) is 0 Å². The Hall–Kier alpha value is -0.0794. The summed E-state index contributed by atoms with van der Waals surface area (Å²) in [7, 11) is -3.91. The van der Waals surface area contributed by atoms with Crippen molar-refractivity contribution in [3.63, 3.8) is 0 Å². The van der Waals surface area contributed by atoms with E-state index in [1.807, 2.05) is 0 Å². The average molecular weight is 356 g/mol. The topological polar surface area (TPSA) is 18.8 Å². The third-order valence-electron chi connectivity index (χ3n) is 5.31. The van der Waals surface area contributed by atoms with Gasteiger partial charge in [-0.25, -0.2) is 0 Å². The summed E-state index contributed by atoms with van der Waals surface area (Å²) in [4.78, 5) is 8.55. The highest BCUT2D eigenvalue weighted by Crippen LogP contribution is 2.42. The summed E-state index contributed by atoms with van der Waals surface area (Å²) in [5, 5.41) is 0. The zero-order chi connectivity index (χ0) is 16.8. The molecule has 3 nitrogen and oxygen atoms in total. The van der Waals surface area contributed by atoms with Crippen LogP contribution in [0.5, 0.6) is 0 Å². The van der Waals surface area contributed by atoms with Crippen LogP contribution in [-0.2, 0) is 0 Å². The summed E-state index contributed by atoms with van der Waals surface area (Å²) >= 11 is 0. The molecule has 2 aliphatic heterocycles. The lowest BCUT2D eigenvalue weighted by Crippen LogP contribution is -2.69. The molecule has 2 heterocycles. The Morgan fingerprint density at radius 3 is 1.91 bits per heavy atom. The Kier molecular flexibility index (Phi) is 5.06. The lowest BCUT2D eigenvalue weighted by molar-refractivity contribution is 0.296. The molecule has 0 aliphatic carbocycles. The molecule has 0 atom stereocenters. The molecule has 1 fully saturated rings. The van der Waals surface area contributed by atoms with E-state index in [-0.39, 0.29) is 0 Å². The fourth-order valence-electron chi connectivity index (χ4n) is 5.75. The maximum atomic E-state index is 4.98. The quantitative estimate of drug-likeness (QED) is 0.707. The van der Waals surface area contributed by atoms with Gasteiger partial charge in [0.1, 0.15) is 0 Å². The third-order valence-corrected chi connectivity index (χ3v) is 26.6. The van der Waals surface area contributed by atoms with Crippen molar-refractivity contribution in [2.75, 3.05) is 26.2 Å². The molecule has 0 aromatic carbocycles. The number of aliphatic imine (C=N–C) groups is 1. The van der Waals surface area contributed by atoms with Crippen LogP contribution >= 0.6 is 0 Å². The van der Waals surface area contributed by atoms with Gasteiger partial charge >= 0.3 is 0 Å². The van der Waals surface area contributed by atoms with E-state index >= 15 is 0 Å². The highest BCUT2D eigenvalue weighted by molar-refractivity contribution is 7.12. The molecule has 0 unspecified atom stereocenters. The van der Waals surface area contributed by atoms with Gasteiger partial charge < -0.3 is 9.47 Å². The molecule has 1 saturated heterocycles. The molecule has 22 heavy (non-hydrogen) atoms. The predicted octanol–water partition coefficient (Wildman–Crippen LogP) is 4.08. The van der Waals surface area contributed by atoms with Gasteiger partial charge in [-0.2, -0.15) is 0 Å². The van der Waals surface area contributed by atoms with Crippen LogP contribution in [0, 0.1) is 0 Å². The largest absolute Gasteiger partial charge is 0.370 e. The monoisotopic (exact) mass is 355 g/mol. The minimum Gasteiger partial charge on any atom is -0.370 e. The SMILES string of the molecule is C[Si](C)(C)C([Si](C)(C)C)[Si](C)(C)N1CCCN2CCCN=C21. The summed E-state index contributed by atoms with van der Waals surface area (Å²) in [6.07, 6.45) is 2.56. The first kappa shape index (κ1) is 18.3. The first-order valence-electron chi connectivity index (χ1n) is 9.03. The van der Waals surface area contributed by atoms with Crippen molar-refractivity contribution in [3.8, 4) is 0 Å². The molecular weight excluding hydrogens is 318 g/mol. The third kappa shape index (κ3) is 3.53. The first-order chi connectivity index (χ1) is 9.95. The molecule has 128 valence electrons. The van der Waals surface area contributed by atoms with Crippen molar-refractivity contribution in [1.82, 2.24) is 9.47 Å². The van der Waals surface area contributed by atoms with E-state index in [1.54, 1.807) is 0 Å². The van der Waals surface area contributed by atoms with E-state index < -0.39 is 24.4 Å². The van der Waals surface area contributed by atoms with Gasteiger partial charge in [0, 0.05) is 42.3 Å². The Morgan fingerprint density at radius 1 is 0.818 bits per heavy atom. The number of hydrogen-bond donors (Lipinski definition) is 0. The zero-order valence-electron chi connectivity index (χ0n) is 16.2. The van der Waals surface area contributed by atoms with Crippen LogP contribution in [0.25, 0.3) is 0 Å². The van der Waals surface area contributed by atoms with E-state index in [1.165, 1.54) is 38.4 Å². The molecule has 0 aromatic heterocycles. The molecule has 0 amide bonds. The first-order valence-corrected chi connectivity index (χ1v) is 19.2. The van der Waals surface area contributed by atoms with Gasteiger partial charge in [-0.15, -0.1) is 0 Å². The highest BCUT2D eigenvalue weighted by Gasteiger charge is 2.52. The van der Waals surface area contributed by atoms with Crippen molar-refractivity contribution < 1.29 is 0 Å². The zero-order valence-corrected chi connectivity index (χ0v) is 19.2. The molecule has 0 aromatic rings. The average Bonchev–Trinajstić information content (AvgIpc) is 2.33. The minimum atomic E-state index is -1.53. The van der Waals surface area contributed by atoms with Crippen LogP contribution in [0.1, 0.15) is 12.8 Å². The number of nitrogens with zero attached hydrogens (tertiary/aromatic N) is 3. The van der Waals surface area contributed by atoms with Crippen molar-refractivity contribution in [2.45, 2.75) is 70.0 Å². The van der Waals surface area contributed by atoms with Crippen LogP contribution in [-0.4, -0.2) is 66.0 Å². The molecule has 0 spiro atoms. The summed E-state index contributed by atoms with van der Waals surface area (Å²) in [5.41, 5.74) is 0. The predicted molar refractivity (Wildman–Crippen MR) is 108 cm³/mol. The van der Waals surface area contributed by atoms with E-state index in [4.69, 9.17) is 4.99 Å². The summed E-state index contributed by atoms with van der Waals surface area (Å²) in [6, 6.07) is 0. The Balaban J connectivity index is 2.40.